The molecule has 0 aliphatic heterocycles. The molecule has 2 heteroatoms. The van der Waals surface area contributed by atoms with Gasteiger partial charge in [0, 0.05) is 10.4 Å². The number of rotatable bonds is 4. The van der Waals surface area contributed by atoms with Crippen molar-refractivity contribution in [2.45, 2.75) is 19.8 Å². The molecule has 0 bridgehead atoms. The van der Waals surface area contributed by atoms with E-state index in [1.807, 2.05) is 6.07 Å². The summed E-state index contributed by atoms with van der Waals surface area (Å²) < 4.78 is 1.14. The van der Waals surface area contributed by atoms with E-state index in [0.29, 0.717) is 5.88 Å². The van der Waals surface area contributed by atoms with Crippen molar-refractivity contribution in [3.8, 4) is 0 Å². The molecular weight excluding hydrogens is 259 g/mol. The molecule has 0 aromatic heterocycles. The van der Waals surface area contributed by atoms with E-state index in [9.17, 15) is 0 Å². The molecule has 0 fully saturated rings. The molecule has 0 radical (unpaired) electrons. The van der Waals surface area contributed by atoms with Crippen molar-refractivity contribution in [3.63, 3.8) is 0 Å². The molecule has 0 amide bonds. The van der Waals surface area contributed by atoms with Crippen molar-refractivity contribution in [3.05, 3.63) is 46.0 Å². The van der Waals surface area contributed by atoms with E-state index in [2.05, 4.69) is 47.1 Å². The molecule has 1 aromatic carbocycles. The summed E-state index contributed by atoms with van der Waals surface area (Å²) in [5.74, 6) is 0.704. The van der Waals surface area contributed by atoms with Crippen molar-refractivity contribution in [1.29, 1.82) is 0 Å². The van der Waals surface area contributed by atoms with Crippen LogP contribution >= 0.6 is 27.5 Å². The van der Waals surface area contributed by atoms with Gasteiger partial charge >= 0.3 is 0 Å². The Hall–Kier alpha value is -0.270. The summed E-state index contributed by atoms with van der Waals surface area (Å²) in [5.41, 5.74) is 2.71. The first-order chi connectivity index (χ1) is 6.72. The molecule has 0 saturated carbocycles. The topological polar surface area (TPSA) is 0 Å². The Bertz CT molecular complexity index is 318. The Labute approximate surface area is 99.1 Å². The normalized spacial score (nSPS) is 11.8. The standard InChI is InChI=1S/C12H14BrCl/c1-10(4-3-7-14)8-11-5-2-6-12(13)9-11/h2,4-6,9H,3,7-8H2,1H3. The second-order valence-corrected chi connectivity index (χ2v) is 4.63. The van der Waals surface area contributed by atoms with Crippen LogP contribution in [0.25, 0.3) is 0 Å². The van der Waals surface area contributed by atoms with Crippen LogP contribution < -0.4 is 0 Å². The van der Waals surface area contributed by atoms with Crippen molar-refractivity contribution in [2.75, 3.05) is 5.88 Å². The van der Waals surface area contributed by atoms with Crippen LogP contribution in [-0.2, 0) is 6.42 Å². The lowest BCUT2D eigenvalue weighted by atomic mass is 10.1. The smallest absolute Gasteiger partial charge is 0.0258 e. The van der Waals surface area contributed by atoms with Gasteiger partial charge in [-0.1, -0.05) is 39.7 Å². The monoisotopic (exact) mass is 272 g/mol. The van der Waals surface area contributed by atoms with Gasteiger partial charge in [0.15, 0.2) is 0 Å². The van der Waals surface area contributed by atoms with E-state index in [4.69, 9.17) is 11.6 Å². The fourth-order valence-corrected chi connectivity index (χ4v) is 1.90. The van der Waals surface area contributed by atoms with Crippen molar-refractivity contribution >= 4 is 27.5 Å². The lowest BCUT2D eigenvalue weighted by Gasteiger charge is -2.02. The first-order valence-electron chi connectivity index (χ1n) is 4.68. The number of hydrogen-bond acceptors (Lipinski definition) is 0. The number of hydrogen-bond donors (Lipinski definition) is 0. The molecule has 1 aromatic rings. The lowest BCUT2D eigenvalue weighted by Crippen LogP contribution is -1.87. The molecule has 0 heterocycles. The minimum atomic E-state index is 0.704. The molecule has 0 aliphatic rings. The number of benzene rings is 1. The van der Waals surface area contributed by atoms with Gasteiger partial charge in [0.2, 0.25) is 0 Å². The minimum absolute atomic E-state index is 0.704. The third-order valence-electron chi connectivity index (χ3n) is 1.97. The fraction of sp³-hybridized carbons (Fsp3) is 0.333. The first kappa shape index (κ1) is 11.8. The van der Waals surface area contributed by atoms with E-state index in [1.165, 1.54) is 11.1 Å². The van der Waals surface area contributed by atoms with Crippen molar-refractivity contribution in [2.24, 2.45) is 0 Å². The van der Waals surface area contributed by atoms with Gasteiger partial charge in [-0.05, 0) is 37.5 Å². The van der Waals surface area contributed by atoms with Gasteiger partial charge in [0.1, 0.15) is 0 Å². The maximum absolute atomic E-state index is 5.62. The van der Waals surface area contributed by atoms with Gasteiger partial charge in [-0.3, -0.25) is 0 Å². The van der Waals surface area contributed by atoms with Crippen molar-refractivity contribution < 1.29 is 0 Å². The molecular formula is C12H14BrCl. The highest BCUT2D eigenvalue weighted by Crippen LogP contribution is 2.14. The minimum Gasteiger partial charge on any atom is -0.126 e. The van der Waals surface area contributed by atoms with Crippen molar-refractivity contribution in [1.82, 2.24) is 0 Å². The fourth-order valence-electron chi connectivity index (χ4n) is 1.34. The summed E-state index contributed by atoms with van der Waals surface area (Å²) >= 11 is 9.09. The van der Waals surface area contributed by atoms with E-state index in [0.717, 1.165) is 17.3 Å². The van der Waals surface area contributed by atoms with Crippen LogP contribution in [0.3, 0.4) is 0 Å². The van der Waals surface area contributed by atoms with Gasteiger partial charge < -0.3 is 0 Å². The number of allylic oxidation sites excluding steroid dienone is 2. The third-order valence-corrected chi connectivity index (χ3v) is 2.69. The Kier molecular flexibility index (Phi) is 5.28. The average molecular weight is 274 g/mol. The second kappa shape index (κ2) is 6.26. The maximum atomic E-state index is 5.62. The highest BCUT2D eigenvalue weighted by atomic mass is 79.9. The molecule has 0 saturated heterocycles. The predicted molar refractivity (Wildman–Crippen MR) is 66.9 cm³/mol. The summed E-state index contributed by atoms with van der Waals surface area (Å²) in [5, 5.41) is 0. The summed E-state index contributed by atoms with van der Waals surface area (Å²) in [4.78, 5) is 0. The largest absolute Gasteiger partial charge is 0.126 e. The second-order valence-electron chi connectivity index (χ2n) is 3.33. The Balaban J connectivity index is 2.60. The van der Waals surface area contributed by atoms with E-state index < -0.39 is 0 Å². The Morgan fingerprint density at radius 3 is 2.93 bits per heavy atom. The molecule has 0 spiro atoms. The van der Waals surface area contributed by atoms with Crippen LogP contribution in [0.4, 0.5) is 0 Å². The van der Waals surface area contributed by atoms with Gasteiger partial charge in [0.05, 0.1) is 0 Å². The molecule has 0 unspecified atom stereocenters. The highest BCUT2D eigenvalue weighted by molar-refractivity contribution is 9.10. The maximum Gasteiger partial charge on any atom is 0.0258 e. The molecule has 14 heavy (non-hydrogen) atoms. The van der Waals surface area contributed by atoms with E-state index >= 15 is 0 Å². The highest BCUT2D eigenvalue weighted by Gasteiger charge is 1.95. The Morgan fingerprint density at radius 1 is 1.50 bits per heavy atom. The molecule has 0 atom stereocenters. The molecule has 0 aliphatic carbocycles. The summed E-state index contributed by atoms with van der Waals surface area (Å²) in [6, 6.07) is 8.40. The molecule has 0 N–H and O–H groups in total. The average Bonchev–Trinajstić information content (AvgIpc) is 2.15. The summed E-state index contributed by atoms with van der Waals surface area (Å²) in [6.45, 7) is 2.15. The molecule has 76 valence electrons. The SMILES string of the molecule is CC(=CCCCl)Cc1cccc(Br)c1. The summed E-state index contributed by atoms with van der Waals surface area (Å²) in [7, 11) is 0. The van der Waals surface area contributed by atoms with Crippen LogP contribution in [0.1, 0.15) is 18.9 Å². The third kappa shape index (κ3) is 4.30. The van der Waals surface area contributed by atoms with Gasteiger partial charge in [-0.25, -0.2) is 0 Å². The van der Waals surface area contributed by atoms with Gasteiger partial charge in [0.25, 0.3) is 0 Å². The molecule has 0 nitrogen and oxygen atoms in total. The number of halogens is 2. The quantitative estimate of drug-likeness (QED) is 0.557. The predicted octanol–water partition coefficient (Wildman–Crippen LogP) is 4.57. The van der Waals surface area contributed by atoms with Crippen LogP contribution in [0, 0.1) is 0 Å². The zero-order chi connectivity index (χ0) is 10.4. The van der Waals surface area contributed by atoms with Crippen LogP contribution in [0.15, 0.2) is 40.4 Å². The van der Waals surface area contributed by atoms with E-state index in [1.54, 1.807) is 0 Å². The van der Waals surface area contributed by atoms with Crippen LogP contribution in [-0.4, -0.2) is 5.88 Å². The number of alkyl halides is 1. The van der Waals surface area contributed by atoms with Crippen LogP contribution in [0.2, 0.25) is 0 Å². The van der Waals surface area contributed by atoms with Gasteiger partial charge in [-0.15, -0.1) is 11.6 Å². The Morgan fingerprint density at radius 2 is 2.29 bits per heavy atom. The van der Waals surface area contributed by atoms with Gasteiger partial charge in [-0.2, -0.15) is 0 Å². The summed E-state index contributed by atoms with van der Waals surface area (Å²) in [6.07, 6.45) is 4.17. The zero-order valence-electron chi connectivity index (χ0n) is 8.26. The molecule has 1 rings (SSSR count). The lowest BCUT2D eigenvalue weighted by molar-refractivity contribution is 1.09. The first-order valence-corrected chi connectivity index (χ1v) is 6.01. The van der Waals surface area contributed by atoms with Crippen LogP contribution in [0.5, 0.6) is 0 Å². The zero-order valence-corrected chi connectivity index (χ0v) is 10.6. The van der Waals surface area contributed by atoms with E-state index in [-0.39, 0.29) is 0 Å².